The quantitative estimate of drug-likeness (QED) is 0.275. The Labute approximate surface area is 247 Å². The maximum atomic E-state index is 13.5. The zero-order valence-electron chi connectivity index (χ0n) is 24.3. The van der Waals surface area contributed by atoms with Gasteiger partial charge in [0, 0.05) is 63.6 Å². The van der Waals surface area contributed by atoms with Crippen molar-refractivity contribution in [2.75, 3.05) is 19.6 Å². The largest absolute Gasteiger partial charge is 0.406 e. The lowest BCUT2D eigenvalue weighted by molar-refractivity contribution is -0.297. The van der Waals surface area contributed by atoms with Gasteiger partial charge in [-0.05, 0) is 60.7 Å². The standard InChI is InChI=1S/C32H36F6N4O/c1-22(2)40-29(43)18-28-21-41(16-17-42(28)20-24-12-14-39-15-13-24)19-23-4-6-25(7-5-23)26-8-10-27(11-9-26)30(3,31(33,34)35)32(36,37)38/h4-15,22,28H,16-21H2,1-3H3,(H,40,43)/t28-/m0/s1. The Balaban J connectivity index is 1.44. The van der Waals surface area contributed by atoms with Crippen LogP contribution >= 0.6 is 0 Å². The second kappa shape index (κ2) is 13.1. The number of nitrogens with one attached hydrogen (secondary N) is 1. The van der Waals surface area contributed by atoms with E-state index in [1.165, 1.54) is 12.1 Å². The van der Waals surface area contributed by atoms with Crippen LogP contribution in [0.1, 0.15) is 43.9 Å². The third kappa shape index (κ3) is 7.75. The Hall–Kier alpha value is -3.44. The Morgan fingerprint density at radius 2 is 1.37 bits per heavy atom. The Kier molecular flexibility index (Phi) is 9.86. The number of alkyl halides is 6. The summed E-state index contributed by atoms with van der Waals surface area (Å²) in [6.45, 7) is 7.65. The highest BCUT2D eigenvalue weighted by molar-refractivity contribution is 5.76. The Morgan fingerprint density at radius 1 is 0.837 bits per heavy atom. The fraction of sp³-hybridized carbons (Fsp3) is 0.438. The summed E-state index contributed by atoms with van der Waals surface area (Å²) in [5, 5.41) is 2.98. The topological polar surface area (TPSA) is 48.5 Å². The van der Waals surface area contributed by atoms with E-state index in [1.54, 1.807) is 12.4 Å². The lowest BCUT2D eigenvalue weighted by Gasteiger charge is -2.41. The van der Waals surface area contributed by atoms with Gasteiger partial charge in [-0.3, -0.25) is 19.6 Å². The molecule has 11 heteroatoms. The monoisotopic (exact) mass is 606 g/mol. The van der Waals surface area contributed by atoms with Crippen LogP contribution in [0.2, 0.25) is 0 Å². The minimum atomic E-state index is -5.49. The summed E-state index contributed by atoms with van der Waals surface area (Å²) in [5.41, 5.74) is -1.48. The van der Waals surface area contributed by atoms with Crippen molar-refractivity contribution < 1.29 is 31.1 Å². The van der Waals surface area contributed by atoms with Gasteiger partial charge in [-0.15, -0.1) is 0 Å². The minimum Gasteiger partial charge on any atom is -0.354 e. The average molecular weight is 607 g/mol. The van der Waals surface area contributed by atoms with Crippen molar-refractivity contribution in [3.05, 3.63) is 89.7 Å². The van der Waals surface area contributed by atoms with E-state index in [1.807, 2.05) is 50.2 Å². The number of aromatic nitrogens is 1. The van der Waals surface area contributed by atoms with Gasteiger partial charge in [0.1, 0.15) is 0 Å². The van der Waals surface area contributed by atoms with Gasteiger partial charge in [0.25, 0.3) is 0 Å². The van der Waals surface area contributed by atoms with E-state index >= 15 is 0 Å². The zero-order chi connectivity index (χ0) is 31.4. The van der Waals surface area contributed by atoms with Crippen molar-refractivity contribution in [1.82, 2.24) is 20.1 Å². The Morgan fingerprint density at radius 3 is 1.91 bits per heavy atom. The minimum absolute atomic E-state index is 0.00253. The zero-order valence-corrected chi connectivity index (χ0v) is 24.3. The van der Waals surface area contributed by atoms with Crippen molar-refractivity contribution in [2.45, 2.75) is 70.1 Å². The number of hydrogen-bond donors (Lipinski definition) is 1. The van der Waals surface area contributed by atoms with Gasteiger partial charge in [-0.25, -0.2) is 0 Å². The van der Waals surface area contributed by atoms with Gasteiger partial charge >= 0.3 is 12.4 Å². The molecule has 2 heterocycles. The number of benzene rings is 2. The number of halogens is 6. The SMILES string of the molecule is CC(C)NC(=O)C[C@H]1CN(Cc2ccc(-c3ccc(C(C)(C(F)(F)F)C(F)(F)F)cc3)cc2)CCN1Cc1ccncc1. The number of pyridine rings is 1. The van der Waals surface area contributed by atoms with Crippen LogP contribution in [0, 0.1) is 0 Å². The molecule has 4 rings (SSSR count). The van der Waals surface area contributed by atoms with Gasteiger partial charge in [0.2, 0.25) is 5.91 Å². The van der Waals surface area contributed by atoms with E-state index in [4.69, 9.17) is 0 Å². The van der Waals surface area contributed by atoms with Crippen molar-refractivity contribution in [1.29, 1.82) is 0 Å². The molecule has 0 spiro atoms. The molecule has 0 radical (unpaired) electrons. The van der Waals surface area contributed by atoms with Crippen LogP contribution < -0.4 is 5.32 Å². The molecule has 5 nitrogen and oxygen atoms in total. The van der Waals surface area contributed by atoms with Gasteiger partial charge in [0.05, 0.1) is 0 Å². The summed E-state index contributed by atoms with van der Waals surface area (Å²) in [6.07, 6.45) is -7.10. The Bertz CT molecular complexity index is 1330. The number of carbonyl (C=O) groups is 1. The highest BCUT2D eigenvalue weighted by Gasteiger charge is 2.68. The molecule has 43 heavy (non-hydrogen) atoms. The molecule has 2 aromatic carbocycles. The molecule has 3 aromatic rings. The highest BCUT2D eigenvalue weighted by atomic mass is 19.4. The van der Waals surface area contributed by atoms with E-state index in [0.29, 0.717) is 37.2 Å². The van der Waals surface area contributed by atoms with Gasteiger partial charge in [-0.1, -0.05) is 48.5 Å². The molecule has 0 unspecified atom stereocenters. The van der Waals surface area contributed by atoms with Crippen LogP contribution in [-0.4, -0.2) is 64.8 Å². The van der Waals surface area contributed by atoms with E-state index in [-0.39, 0.29) is 24.9 Å². The van der Waals surface area contributed by atoms with Crippen molar-refractivity contribution in [2.24, 2.45) is 0 Å². The van der Waals surface area contributed by atoms with Crippen LogP contribution in [0.15, 0.2) is 73.1 Å². The number of piperazine rings is 1. The first-order valence-electron chi connectivity index (χ1n) is 14.2. The number of amides is 1. The number of hydrogen-bond acceptors (Lipinski definition) is 4. The van der Waals surface area contributed by atoms with E-state index in [2.05, 4.69) is 20.1 Å². The third-order valence-corrected chi connectivity index (χ3v) is 7.98. The first kappa shape index (κ1) is 32.5. The molecule has 0 saturated carbocycles. The maximum Gasteiger partial charge on any atom is 0.406 e. The number of rotatable bonds is 9. The summed E-state index contributed by atoms with van der Waals surface area (Å²) in [5.74, 6) is 0.00253. The molecule has 1 atom stereocenters. The lowest BCUT2D eigenvalue weighted by Crippen LogP contribution is -2.53. The predicted molar refractivity (Wildman–Crippen MR) is 153 cm³/mol. The van der Waals surface area contributed by atoms with Crippen LogP contribution in [0.5, 0.6) is 0 Å². The summed E-state index contributed by atoms with van der Waals surface area (Å²) >= 11 is 0. The molecule has 1 aliphatic rings. The average Bonchev–Trinajstić information content (AvgIpc) is 2.93. The van der Waals surface area contributed by atoms with Gasteiger partial charge in [-0.2, -0.15) is 26.3 Å². The second-order valence-electron chi connectivity index (χ2n) is 11.5. The van der Waals surface area contributed by atoms with Crippen LogP contribution in [-0.2, 0) is 23.3 Å². The summed E-state index contributed by atoms with van der Waals surface area (Å²) in [4.78, 5) is 21.3. The molecule has 232 valence electrons. The van der Waals surface area contributed by atoms with Crippen LogP contribution in [0.4, 0.5) is 26.3 Å². The van der Waals surface area contributed by atoms with Crippen molar-refractivity contribution >= 4 is 5.91 Å². The fourth-order valence-electron chi connectivity index (χ4n) is 5.37. The van der Waals surface area contributed by atoms with Gasteiger partial charge in [0.15, 0.2) is 5.41 Å². The summed E-state index contributed by atoms with van der Waals surface area (Å²) in [6, 6.07) is 15.8. The normalized spacial score (nSPS) is 17.3. The predicted octanol–water partition coefficient (Wildman–Crippen LogP) is 6.73. The lowest BCUT2D eigenvalue weighted by atomic mass is 9.80. The molecule has 0 aliphatic carbocycles. The van der Waals surface area contributed by atoms with Crippen molar-refractivity contribution in [3.63, 3.8) is 0 Å². The molecular formula is C32H36F6N4O. The number of carbonyl (C=O) groups excluding carboxylic acids is 1. The van der Waals surface area contributed by atoms with E-state index in [0.717, 1.165) is 36.3 Å². The van der Waals surface area contributed by atoms with Crippen molar-refractivity contribution in [3.8, 4) is 11.1 Å². The molecule has 1 N–H and O–H groups in total. The summed E-state index contributed by atoms with van der Waals surface area (Å²) < 4.78 is 80.7. The van der Waals surface area contributed by atoms with Gasteiger partial charge < -0.3 is 5.32 Å². The van der Waals surface area contributed by atoms with E-state index < -0.39 is 23.3 Å². The second-order valence-corrected chi connectivity index (χ2v) is 11.5. The van der Waals surface area contributed by atoms with E-state index in [9.17, 15) is 31.1 Å². The molecule has 0 bridgehead atoms. The molecule has 1 fully saturated rings. The van der Waals surface area contributed by atoms with Crippen LogP contribution in [0.25, 0.3) is 11.1 Å². The molecule has 1 aromatic heterocycles. The number of nitrogens with zero attached hydrogens (tertiary/aromatic N) is 3. The smallest absolute Gasteiger partial charge is 0.354 e. The maximum absolute atomic E-state index is 13.5. The first-order valence-corrected chi connectivity index (χ1v) is 14.2. The molecule has 1 saturated heterocycles. The molecular weight excluding hydrogens is 570 g/mol. The molecule has 1 amide bonds. The summed E-state index contributed by atoms with van der Waals surface area (Å²) in [7, 11) is 0. The van der Waals surface area contributed by atoms with Crippen LogP contribution in [0.3, 0.4) is 0 Å². The fourth-order valence-corrected chi connectivity index (χ4v) is 5.37. The highest BCUT2D eigenvalue weighted by Crippen LogP contribution is 2.51. The molecule has 1 aliphatic heterocycles. The first-order chi connectivity index (χ1) is 20.2. The third-order valence-electron chi connectivity index (χ3n) is 7.98.